The molecule has 0 aliphatic rings. The summed E-state index contributed by atoms with van der Waals surface area (Å²) in [6.07, 6.45) is 0. The Morgan fingerprint density at radius 2 is 0.918 bits per heavy atom. The van der Waals surface area contributed by atoms with E-state index in [-0.39, 0.29) is 0 Å². The van der Waals surface area contributed by atoms with E-state index in [9.17, 15) is 0 Å². The van der Waals surface area contributed by atoms with Crippen LogP contribution in [0.2, 0.25) is 0 Å². The monoisotopic (exact) mass is 659 g/mol. The first kappa shape index (κ1) is 28.3. The van der Waals surface area contributed by atoms with Gasteiger partial charge in [0.2, 0.25) is 0 Å². The number of fused-ring (bicyclic) bond motifs is 8. The molecule has 8 aromatic carbocycles. The largest absolute Gasteiger partial charge is 0.310 e. The second kappa shape index (κ2) is 11.5. The Morgan fingerprint density at radius 3 is 1.65 bits per heavy atom. The van der Waals surface area contributed by atoms with Crippen LogP contribution in [0.5, 0.6) is 0 Å². The number of hydrogen-bond donors (Lipinski definition) is 0. The second-order valence-corrected chi connectivity index (χ2v) is 14.6. The molecule has 0 bridgehead atoms. The van der Waals surface area contributed by atoms with Crippen LogP contribution in [0.1, 0.15) is 0 Å². The van der Waals surface area contributed by atoms with Gasteiger partial charge in [0, 0.05) is 62.5 Å². The van der Waals surface area contributed by atoms with Crippen LogP contribution in [0, 0.1) is 0 Å². The van der Waals surface area contributed by atoms with Crippen molar-refractivity contribution in [1.29, 1.82) is 0 Å². The quantitative estimate of drug-likeness (QED) is 0.178. The molecule has 3 heteroatoms. The average Bonchev–Trinajstić information content (AvgIpc) is 3.75. The van der Waals surface area contributed by atoms with Crippen LogP contribution < -0.4 is 4.90 Å². The molecule has 0 atom stereocenters. The third kappa shape index (κ3) is 4.58. The second-order valence-electron chi connectivity index (χ2n) is 12.5. The summed E-state index contributed by atoms with van der Waals surface area (Å²) in [6, 6.07) is 64.2. The molecule has 0 fully saturated rings. The Morgan fingerprint density at radius 1 is 0.347 bits per heavy atom. The van der Waals surface area contributed by atoms with Crippen molar-refractivity contribution < 1.29 is 0 Å². The fraction of sp³-hybridized carbons (Fsp3) is 0. The average molecular weight is 660 g/mol. The highest BCUT2D eigenvalue weighted by atomic mass is 32.1. The summed E-state index contributed by atoms with van der Waals surface area (Å²) in [6.45, 7) is 0. The van der Waals surface area contributed by atoms with Gasteiger partial charge in [0.1, 0.15) is 0 Å². The highest BCUT2D eigenvalue weighted by molar-refractivity contribution is 7.27. The van der Waals surface area contributed by atoms with Crippen molar-refractivity contribution in [3.8, 4) is 22.3 Å². The smallest absolute Gasteiger partial charge is 0.0547 e. The van der Waals surface area contributed by atoms with Crippen molar-refractivity contribution in [3.05, 3.63) is 176 Å². The highest BCUT2D eigenvalue weighted by Crippen LogP contribution is 2.49. The molecule has 0 spiro atoms. The summed E-state index contributed by atoms with van der Waals surface area (Å²) in [5.74, 6) is 0. The fourth-order valence-electron chi connectivity index (χ4n) is 7.43. The first-order valence-corrected chi connectivity index (χ1v) is 18.2. The summed E-state index contributed by atoms with van der Waals surface area (Å²) in [5.41, 5.74) is 8.55. The summed E-state index contributed by atoms with van der Waals surface area (Å²) < 4.78 is 5.30. The predicted octanol–water partition coefficient (Wildman–Crippen LogP) is 14.4. The maximum atomic E-state index is 2.43. The van der Waals surface area contributed by atoms with Crippen LogP contribution >= 0.6 is 22.7 Å². The molecule has 2 heterocycles. The Bertz CT molecular complexity index is 2770. The van der Waals surface area contributed by atoms with Gasteiger partial charge in [0.15, 0.2) is 0 Å². The van der Waals surface area contributed by atoms with Gasteiger partial charge in [0.05, 0.1) is 5.69 Å². The van der Waals surface area contributed by atoms with Gasteiger partial charge in [-0.15, -0.1) is 22.7 Å². The standard InChI is InChI=1S/C46H29NS2/c1-4-14-30(15-5-1)34-25-26-35(46-44(34)38-22-12-13-23-42(38)49-46)31-24-27-43-39(28-31)40-29-41(36-20-10-11-21-37(36)45(40)48-43)47(32-16-6-2-7-17-32)33-18-8-3-9-19-33/h1-29H. The lowest BCUT2D eigenvalue weighted by Gasteiger charge is -2.27. The van der Waals surface area contributed by atoms with Gasteiger partial charge in [-0.25, -0.2) is 0 Å². The number of hydrogen-bond acceptors (Lipinski definition) is 3. The number of nitrogens with zero attached hydrogens (tertiary/aromatic N) is 1. The minimum Gasteiger partial charge on any atom is -0.310 e. The molecule has 0 unspecified atom stereocenters. The first-order chi connectivity index (χ1) is 24.3. The van der Waals surface area contributed by atoms with Crippen LogP contribution in [-0.2, 0) is 0 Å². The lowest BCUT2D eigenvalue weighted by molar-refractivity contribution is 1.30. The molecule has 0 N–H and O–H groups in total. The Balaban J connectivity index is 1.24. The zero-order valence-electron chi connectivity index (χ0n) is 26.5. The van der Waals surface area contributed by atoms with Crippen LogP contribution in [0.25, 0.3) is 73.4 Å². The molecule has 0 saturated heterocycles. The van der Waals surface area contributed by atoms with Gasteiger partial charge in [-0.2, -0.15) is 0 Å². The van der Waals surface area contributed by atoms with Crippen molar-refractivity contribution in [1.82, 2.24) is 0 Å². The fourth-order valence-corrected chi connectivity index (χ4v) is 9.89. The highest BCUT2D eigenvalue weighted by Gasteiger charge is 2.20. The van der Waals surface area contributed by atoms with Crippen LogP contribution in [0.3, 0.4) is 0 Å². The van der Waals surface area contributed by atoms with E-state index in [0.29, 0.717) is 0 Å². The van der Waals surface area contributed by atoms with Gasteiger partial charge in [0.25, 0.3) is 0 Å². The molecule has 0 radical (unpaired) electrons. The van der Waals surface area contributed by atoms with Crippen molar-refractivity contribution >= 4 is 90.9 Å². The maximum Gasteiger partial charge on any atom is 0.0547 e. The molecule has 0 aliphatic heterocycles. The number of benzene rings is 8. The van der Waals surface area contributed by atoms with E-state index in [1.807, 2.05) is 22.7 Å². The Labute approximate surface area is 292 Å². The SMILES string of the molecule is c1ccc(-c2ccc(-c3ccc4sc5c6ccccc6c(N(c6ccccc6)c6ccccc6)cc5c4c3)c3sc4ccccc4c23)cc1. The van der Waals surface area contributed by atoms with Gasteiger partial charge >= 0.3 is 0 Å². The van der Waals surface area contributed by atoms with Crippen LogP contribution in [0.4, 0.5) is 17.1 Å². The van der Waals surface area contributed by atoms with Crippen molar-refractivity contribution in [2.45, 2.75) is 0 Å². The van der Waals surface area contributed by atoms with Gasteiger partial charge in [-0.05, 0) is 70.8 Å². The minimum atomic E-state index is 1.14. The maximum absolute atomic E-state index is 2.43. The lowest BCUT2D eigenvalue weighted by Crippen LogP contribution is -2.10. The molecule has 0 saturated carbocycles. The van der Waals surface area contributed by atoms with Gasteiger partial charge in [-0.1, -0.05) is 127 Å². The number of para-hydroxylation sites is 2. The summed E-state index contributed by atoms with van der Waals surface area (Å²) in [4.78, 5) is 2.40. The summed E-state index contributed by atoms with van der Waals surface area (Å²) >= 11 is 3.80. The first-order valence-electron chi connectivity index (χ1n) is 16.6. The number of anilines is 3. The van der Waals surface area contributed by atoms with E-state index in [2.05, 4.69) is 181 Å². The van der Waals surface area contributed by atoms with E-state index in [4.69, 9.17) is 0 Å². The Hall–Kier alpha value is -5.74. The van der Waals surface area contributed by atoms with Crippen LogP contribution in [-0.4, -0.2) is 0 Å². The van der Waals surface area contributed by atoms with E-state index < -0.39 is 0 Å². The third-order valence-electron chi connectivity index (χ3n) is 9.65. The predicted molar refractivity (Wildman–Crippen MR) is 215 cm³/mol. The zero-order chi connectivity index (χ0) is 32.3. The lowest BCUT2D eigenvalue weighted by atomic mass is 9.94. The van der Waals surface area contributed by atoms with E-state index in [1.54, 1.807) is 0 Å². The van der Waals surface area contributed by atoms with Crippen molar-refractivity contribution in [3.63, 3.8) is 0 Å². The molecule has 0 amide bonds. The molecule has 10 aromatic rings. The van der Waals surface area contributed by atoms with Gasteiger partial charge in [-0.3, -0.25) is 0 Å². The molecule has 230 valence electrons. The molecular weight excluding hydrogens is 631 g/mol. The van der Waals surface area contributed by atoms with Crippen molar-refractivity contribution in [2.75, 3.05) is 4.90 Å². The van der Waals surface area contributed by atoms with Crippen molar-refractivity contribution in [2.24, 2.45) is 0 Å². The minimum absolute atomic E-state index is 1.14. The number of rotatable bonds is 5. The molecule has 1 nitrogen and oxygen atoms in total. The van der Waals surface area contributed by atoms with E-state index >= 15 is 0 Å². The topological polar surface area (TPSA) is 3.24 Å². The van der Waals surface area contributed by atoms with Crippen LogP contribution in [0.15, 0.2) is 176 Å². The summed E-state index contributed by atoms with van der Waals surface area (Å²) in [7, 11) is 0. The van der Waals surface area contributed by atoms with Gasteiger partial charge < -0.3 is 4.90 Å². The third-order valence-corrected chi connectivity index (χ3v) is 12.1. The summed E-state index contributed by atoms with van der Waals surface area (Å²) in [5, 5.41) is 7.79. The molecule has 2 aromatic heterocycles. The molecule has 49 heavy (non-hydrogen) atoms. The Kier molecular flexibility index (Phi) is 6.61. The molecule has 0 aliphatic carbocycles. The van der Waals surface area contributed by atoms with E-state index in [0.717, 1.165) is 11.4 Å². The zero-order valence-corrected chi connectivity index (χ0v) is 28.1. The number of thiophene rings is 2. The molecular formula is C46H29NS2. The normalized spacial score (nSPS) is 11.7. The molecule has 10 rings (SSSR count). The van der Waals surface area contributed by atoms with E-state index in [1.165, 1.54) is 79.1 Å².